The van der Waals surface area contributed by atoms with E-state index in [1.54, 1.807) is 13.0 Å². The van der Waals surface area contributed by atoms with Crippen LogP contribution in [0.1, 0.15) is 12.5 Å². The van der Waals surface area contributed by atoms with E-state index in [2.05, 4.69) is 21.2 Å². The Morgan fingerprint density at radius 3 is 2.93 bits per heavy atom. The molecule has 0 aliphatic rings. The SMILES string of the molecule is C[C@H](N)C(=O)NCc1cc(F)ccc1Br. The van der Waals surface area contributed by atoms with Crippen LogP contribution in [0.2, 0.25) is 0 Å². The van der Waals surface area contributed by atoms with Gasteiger partial charge in [0.15, 0.2) is 0 Å². The minimum atomic E-state index is -0.558. The number of hydrogen-bond acceptors (Lipinski definition) is 2. The molecule has 0 saturated carbocycles. The Hall–Kier alpha value is -0.940. The molecule has 82 valence electrons. The van der Waals surface area contributed by atoms with E-state index < -0.39 is 6.04 Å². The second-order valence-electron chi connectivity index (χ2n) is 3.24. The number of nitrogens with one attached hydrogen (secondary N) is 1. The molecule has 15 heavy (non-hydrogen) atoms. The average Bonchev–Trinajstić information content (AvgIpc) is 2.18. The van der Waals surface area contributed by atoms with Crippen LogP contribution in [0.15, 0.2) is 22.7 Å². The molecule has 0 heterocycles. The summed E-state index contributed by atoms with van der Waals surface area (Å²) >= 11 is 3.27. The van der Waals surface area contributed by atoms with Crippen LogP contribution in [-0.2, 0) is 11.3 Å². The maximum absolute atomic E-state index is 12.9. The van der Waals surface area contributed by atoms with Gasteiger partial charge in [0.2, 0.25) is 5.91 Å². The third kappa shape index (κ3) is 3.60. The number of nitrogens with two attached hydrogens (primary N) is 1. The second kappa shape index (κ2) is 5.23. The summed E-state index contributed by atoms with van der Waals surface area (Å²) in [6.45, 7) is 1.86. The maximum Gasteiger partial charge on any atom is 0.236 e. The highest BCUT2D eigenvalue weighted by atomic mass is 79.9. The van der Waals surface area contributed by atoms with Crippen LogP contribution >= 0.6 is 15.9 Å². The predicted molar refractivity (Wildman–Crippen MR) is 59.6 cm³/mol. The fourth-order valence-corrected chi connectivity index (χ4v) is 1.41. The highest BCUT2D eigenvalue weighted by Crippen LogP contribution is 2.17. The first-order valence-electron chi connectivity index (χ1n) is 4.48. The van der Waals surface area contributed by atoms with Gasteiger partial charge in [0, 0.05) is 11.0 Å². The Morgan fingerprint density at radius 2 is 2.33 bits per heavy atom. The Labute approximate surface area is 96.0 Å². The van der Waals surface area contributed by atoms with Gasteiger partial charge in [0.05, 0.1) is 6.04 Å². The van der Waals surface area contributed by atoms with Gasteiger partial charge in [-0.05, 0) is 30.7 Å². The van der Waals surface area contributed by atoms with E-state index >= 15 is 0 Å². The van der Waals surface area contributed by atoms with Gasteiger partial charge in [-0.1, -0.05) is 15.9 Å². The molecule has 0 aliphatic carbocycles. The van der Waals surface area contributed by atoms with Crippen molar-refractivity contribution in [2.24, 2.45) is 5.73 Å². The normalized spacial score (nSPS) is 12.3. The number of carbonyl (C=O) groups is 1. The Morgan fingerprint density at radius 1 is 1.67 bits per heavy atom. The van der Waals surface area contributed by atoms with Crippen LogP contribution in [0.4, 0.5) is 4.39 Å². The molecule has 0 spiro atoms. The standard InChI is InChI=1S/C10H12BrFN2O/c1-6(13)10(15)14-5-7-4-8(12)2-3-9(7)11/h2-4,6H,5,13H2,1H3,(H,14,15)/t6-/m0/s1. The lowest BCUT2D eigenvalue weighted by molar-refractivity contribution is -0.122. The number of carbonyl (C=O) groups excluding carboxylic acids is 1. The van der Waals surface area contributed by atoms with Crippen LogP contribution in [0.5, 0.6) is 0 Å². The zero-order valence-electron chi connectivity index (χ0n) is 8.26. The van der Waals surface area contributed by atoms with Gasteiger partial charge in [-0.3, -0.25) is 4.79 Å². The Balaban J connectivity index is 2.65. The Bertz CT molecular complexity index is 368. The number of rotatable bonds is 3. The monoisotopic (exact) mass is 274 g/mol. The molecule has 1 aromatic rings. The summed E-state index contributed by atoms with van der Waals surface area (Å²) in [4.78, 5) is 11.2. The van der Waals surface area contributed by atoms with Crippen molar-refractivity contribution < 1.29 is 9.18 Å². The van der Waals surface area contributed by atoms with Gasteiger partial charge in [-0.15, -0.1) is 0 Å². The van der Waals surface area contributed by atoms with Gasteiger partial charge in [-0.25, -0.2) is 4.39 Å². The molecule has 5 heteroatoms. The minimum Gasteiger partial charge on any atom is -0.351 e. The molecule has 1 aromatic carbocycles. The number of hydrogen-bond donors (Lipinski definition) is 2. The van der Waals surface area contributed by atoms with Gasteiger partial charge in [0.1, 0.15) is 5.82 Å². The highest BCUT2D eigenvalue weighted by Gasteiger charge is 2.08. The first-order valence-corrected chi connectivity index (χ1v) is 5.27. The topological polar surface area (TPSA) is 55.1 Å². The third-order valence-electron chi connectivity index (χ3n) is 1.87. The van der Waals surface area contributed by atoms with E-state index in [4.69, 9.17) is 5.73 Å². The molecule has 0 saturated heterocycles. The molecular formula is C10H12BrFN2O. The van der Waals surface area contributed by atoms with Crippen LogP contribution < -0.4 is 11.1 Å². The van der Waals surface area contributed by atoms with Crippen molar-refractivity contribution in [3.8, 4) is 0 Å². The molecule has 1 amide bonds. The molecule has 3 nitrogen and oxygen atoms in total. The van der Waals surface area contributed by atoms with E-state index in [1.165, 1.54) is 12.1 Å². The molecule has 1 rings (SSSR count). The van der Waals surface area contributed by atoms with Gasteiger partial charge < -0.3 is 11.1 Å². The lowest BCUT2D eigenvalue weighted by Crippen LogP contribution is -2.37. The quantitative estimate of drug-likeness (QED) is 0.879. The number of benzene rings is 1. The van der Waals surface area contributed by atoms with Gasteiger partial charge in [0.25, 0.3) is 0 Å². The summed E-state index contributed by atoms with van der Waals surface area (Å²) in [7, 11) is 0. The molecule has 0 bridgehead atoms. The van der Waals surface area contributed by atoms with E-state index in [0.29, 0.717) is 5.56 Å². The zero-order chi connectivity index (χ0) is 11.4. The third-order valence-corrected chi connectivity index (χ3v) is 2.65. The summed E-state index contributed by atoms with van der Waals surface area (Å²) in [5, 5.41) is 2.61. The van der Waals surface area contributed by atoms with Crippen LogP contribution in [0.3, 0.4) is 0 Å². The molecule has 0 radical (unpaired) electrons. The van der Waals surface area contributed by atoms with Crippen molar-refractivity contribution >= 4 is 21.8 Å². The van der Waals surface area contributed by atoms with Crippen molar-refractivity contribution in [2.75, 3.05) is 0 Å². The van der Waals surface area contributed by atoms with E-state index in [-0.39, 0.29) is 18.3 Å². The van der Waals surface area contributed by atoms with Crippen LogP contribution in [0, 0.1) is 5.82 Å². The van der Waals surface area contributed by atoms with Crippen molar-refractivity contribution in [3.63, 3.8) is 0 Å². The Kier molecular flexibility index (Phi) is 4.23. The second-order valence-corrected chi connectivity index (χ2v) is 4.10. The molecule has 1 atom stereocenters. The lowest BCUT2D eigenvalue weighted by Gasteiger charge is -2.09. The highest BCUT2D eigenvalue weighted by molar-refractivity contribution is 9.10. The fraction of sp³-hybridized carbons (Fsp3) is 0.300. The maximum atomic E-state index is 12.9. The summed E-state index contributed by atoms with van der Waals surface area (Å²) in [5.41, 5.74) is 6.05. The van der Waals surface area contributed by atoms with Gasteiger partial charge in [-0.2, -0.15) is 0 Å². The molecule has 0 unspecified atom stereocenters. The van der Waals surface area contributed by atoms with E-state index in [9.17, 15) is 9.18 Å². The summed E-state index contributed by atoms with van der Waals surface area (Å²) in [5.74, 6) is -0.589. The summed E-state index contributed by atoms with van der Waals surface area (Å²) in [6.07, 6.45) is 0. The smallest absolute Gasteiger partial charge is 0.236 e. The number of halogens is 2. The first kappa shape index (κ1) is 12.1. The van der Waals surface area contributed by atoms with Crippen LogP contribution in [0.25, 0.3) is 0 Å². The van der Waals surface area contributed by atoms with E-state index in [1.807, 2.05) is 0 Å². The van der Waals surface area contributed by atoms with Crippen molar-refractivity contribution in [1.29, 1.82) is 0 Å². The van der Waals surface area contributed by atoms with Crippen molar-refractivity contribution in [2.45, 2.75) is 19.5 Å². The van der Waals surface area contributed by atoms with E-state index in [0.717, 1.165) is 4.47 Å². The van der Waals surface area contributed by atoms with Crippen molar-refractivity contribution in [3.05, 3.63) is 34.1 Å². The molecule has 0 aliphatic heterocycles. The van der Waals surface area contributed by atoms with Crippen molar-refractivity contribution in [1.82, 2.24) is 5.32 Å². The largest absolute Gasteiger partial charge is 0.351 e. The fourth-order valence-electron chi connectivity index (χ4n) is 1.02. The van der Waals surface area contributed by atoms with Gasteiger partial charge >= 0.3 is 0 Å². The predicted octanol–water partition coefficient (Wildman–Crippen LogP) is 1.55. The number of amides is 1. The molecule has 0 fully saturated rings. The minimum absolute atomic E-state index is 0.258. The molecule has 0 aromatic heterocycles. The summed E-state index contributed by atoms with van der Waals surface area (Å²) in [6, 6.07) is 3.76. The molecule has 3 N–H and O–H groups in total. The lowest BCUT2D eigenvalue weighted by atomic mass is 10.2. The molecular weight excluding hydrogens is 263 g/mol. The zero-order valence-corrected chi connectivity index (χ0v) is 9.84. The van der Waals surface area contributed by atoms with Crippen LogP contribution in [-0.4, -0.2) is 11.9 Å². The summed E-state index contributed by atoms with van der Waals surface area (Å²) < 4.78 is 13.6. The first-order chi connectivity index (χ1) is 7.00. The average molecular weight is 275 g/mol.